The quantitative estimate of drug-likeness (QED) is 0.720. The second-order valence-electron chi connectivity index (χ2n) is 7.78. The van der Waals surface area contributed by atoms with Gasteiger partial charge in [-0.1, -0.05) is 48.5 Å². The summed E-state index contributed by atoms with van der Waals surface area (Å²) >= 11 is 0. The number of rotatable bonds is 7. The summed E-state index contributed by atoms with van der Waals surface area (Å²) in [6.07, 6.45) is 1.38. The van der Waals surface area contributed by atoms with Crippen LogP contribution in [-0.4, -0.2) is 50.8 Å². The molecule has 6 rings (SSSR count). The van der Waals surface area contributed by atoms with Crippen LogP contribution in [-0.2, 0) is 18.9 Å². The summed E-state index contributed by atoms with van der Waals surface area (Å²) < 4.78 is 22.1. The summed E-state index contributed by atoms with van der Waals surface area (Å²) in [6.45, 7) is 3.46. The Hall–Kier alpha value is -1.72. The molecule has 4 nitrogen and oxygen atoms in total. The fourth-order valence-electron chi connectivity index (χ4n) is 4.18. The van der Waals surface area contributed by atoms with Gasteiger partial charge in [0.15, 0.2) is 0 Å². The fraction of sp³-hybridized carbons (Fsp3) is 0.455. The Labute approximate surface area is 153 Å². The van der Waals surface area contributed by atoms with Gasteiger partial charge in [0.25, 0.3) is 0 Å². The molecule has 4 heterocycles. The highest BCUT2D eigenvalue weighted by atomic mass is 16.6. The highest BCUT2D eigenvalue weighted by Crippen LogP contribution is 2.41. The molecule has 134 valence electrons. The molecule has 0 bridgehead atoms. The van der Waals surface area contributed by atoms with E-state index in [1.165, 1.54) is 22.3 Å². The number of ether oxygens (including phenoxy) is 4. The first-order chi connectivity index (χ1) is 12.9. The van der Waals surface area contributed by atoms with Gasteiger partial charge in [-0.2, -0.15) is 0 Å². The lowest BCUT2D eigenvalue weighted by Gasteiger charge is -2.14. The molecule has 0 radical (unpaired) electrons. The molecule has 0 saturated carbocycles. The van der Waals surface area contributed by atoms with E-state index in [1.54, 1.807) is 0 Å². The van der Waals surface area contributed by atoms with Crippen LogP contribution in [0.15, 0.2) is 48.5 Å². The van der Waals surface area contributed by atoms with Crippen LogP contribution >= 0.6 is 0 Å². The Balaban J connectivity index is 1.22. The van der Waals surface area contributed by atoms with Crippen LogP contribution in [0.1, 0.15) is 23.0 Å². The van der Waals surface area contributed by atoms with Crippen LogP contribution in [0.5, 0.6) is 0 Å². The van der Waals surface area contributed by atoms with Crippen molar-refractivity contribution in [2.75, 3.05) is 26.4 Å². The molecule has 4 unspecified atom stereocenters. The predicted molar refractivity (Wildman–Crippen MR) is 96.3 cm³/mol. The molecule has 0 aliphatic carbocycles. The van der Waals surface area contributed by atoms with Gasteiger partial charge in [0.2, 0.25) is 0 Å². The van der Waals surface area contributed by atoms with Crippen LogP contribution in [0.25, 0.3) is 11.1 Å². The van der Waals surface area contributed by atoms with Crippen molar-refractivity contribution >= 4 is 0 Å². The highest BCUT2D eigenvalue weighted by Gasteiger charge is 2.45. The molecule has 26 heavy (non-hydrogen) atoms. The minimum absolute atomic E-state index is 0.346. The summed E-state index contributed by atoms with van der Waals surface area (Å²) in [7, 11) is 0. The lowest BCUT2D eigenvalue weighted by atomic mass is 9.90. The van der Waals surface area contributed by atoms with E-state index >= 15 is 0 Å². The van der Waals surface area contributed by atoms with Gasteiger partial charge in [-0.3, -0.25) is 0 Å². The van der Waals surface area contributed by atoms with Crippen molar-refractivity contribution < 1.29 is 18.9 Å². The normalized spacial score (nSPS) is 33.4. The molecule has 4 saturated heterocycles. The van der Waals surface area contributed by atoms with Gasteiger partial charge in [-0.05, 0) is 22.3 Å². The SMILES string of the molecule is c1cc(C(C2CO2)C2CO2)ccc1-c1ccc(C(C2CO2)C2CO2)cc1. The first kappa shape index (κ1) is 15.3. The number of benzene rings is 2. The van der Waals surface area contributed by atoms with Crippen molar-refractivity contribution in [3.05, 3.63) is 59.7 Å². The first-order valence-electron chi connectivity index (χ1n) is 9.53. The zero-order chi connectivity index (χ0) is 17.1. The van der Waals surface area contributed by atoms with Crippen molar-refractivity contribution in [2.24, 2.45) is 0 Å². The van der Waals surface area contributed by atoms with Crippen LogP contribution < -0.4 is 0 Å². The topological polar surface area (TPSA) is 50.1 Å². The van der Waals surface area contributed by atoms with Crippen molar-refractivity contribution in [3.8, 4) is 11.1 Å². The summed E-state index contributed by atoms with van der Waals surface area (Å²) in [5.74, 6) is 0.786. The van der Waals surface area contributed by atoms with E-state index < -0.39 is 0 Å². The maximum absolute atomic E-state index is 5.53. The van der Waals surface area contributed by atoms with Gasteiger partial charge in [0, 0.05) is 11.8 Å². The molecule has 2 aromatic rings. The van der Waals surface area contributed by atoms with Crippen molar-refractivity contribution in [1.82, 2.24) is 0 Å². The third-order valence-electron chi connectivity index (χ3n) is 5.96. The third-order valence-corrected chi connectivity index (χ3v) is 5.96. The van der Waals surface area contributed by atoms with Crippen LogP contribution in [0.3, 0.4) is 0 Å². The van der Waals surface area contributed by atoms with Crippen molar-refractivity contribution in [2.45, 2.75) is 36.3 Å². The zero-order valence-electron chi connectivity index (χ0n) is 14.5. The summed E-state index contributed by atoms with van der Waals surface area (Å²) in [4.78, 5) is 0. The number of hydrogen-bond donors (Lipinski definition) is 0. The van der Waals surface area contributed by atoms with E-state index in [0.717, 1.165) is 26.4 Å². The largest absolute Gasteiger partial charge is 0.372 e. The Morgan fingerprint density at radius 3 is 1.00 bits per heavy atom. The average Bonchev–Trinajstić information content (AvgIpc) is 3.50. The predicted octanol–water partition coefficient (Wildman–Crippen LogP) is 3.12. The highest BCUT2D eigenvalue weighted by molar-refractivity contribution is 5.64. The smallest absolute Gasteiger partial charge is 0.0904 e. The van der Waals surface area contributed by atoms with E-state index in [2.05, 4.69) is 48.5 Å². The monoisotopic (exact) mass is 350 g/mol. The summed E-state index contributed by atoms with van der Waals surface area (Å²) in [6, 6.07) is 17.8. The summed E-state index contributed by atoms with van der Waals surface area (Å²) in [5, 5.41) is 0. The van der Waals surface area contributed by atoms with E-state index in [1.807, 2.05) is 0 Å². The second-order valence-corrected chi connectivity index (χ2v) is 7.78. The van der Waals surface area contributed by atoms with Crippen LogP contribution in [0, 0.1) is 0 Å². The van der Waals surface area contributed by atoms with E-state index in [4.69, 9.17) is 18.9 Å². The Kier molecular flexibility index (Phi) is 3.48. The molecule has 2 aromatic carbocycles. The average molecular weight is 350 g/mol. The van der Waals surface area contributed by atoms with Crippen LogP contribution in [0.4, 0.5) is 0 Å². The molecular formula is C22H22O4. The first-order valence-corrected chi connectivity index (χ1v) is 9.53. The number of hydrogen-bond acceptors (Lipinski definition) is 4. The molecule has 0 aromatic heterocycles. The van der Waals surface area contributed by atoms with Gasteiger partial charge in [-0.15, -0.1) is 0 Å². The standard InChI is InChI=1S/C22H22O4/c1-5-15(21(17-9-23-17)18-10-24-18)6-2-13(1)14-3-7-16(8-4-14)22(19-11-25-19)20-12-26-20/h1-8,17-22H,9-12H2. The number of epoxide rings is 4. The molecule has 0 amide bonds. The minimum atomic E-state index is 0.346. The van der Waals surface area contributed by atoms with Gasteiger partial charge >= 0.3 is 0 Å². The Morgan fingerprint density at radius 1 is 0.500 bits per heavy atom. The molecule has 4 heteroatoms. The van der Waals surface area contributed by atoms with E-state index in [0.29, 0.717) is 36.3 Å². The van der Waals surface area contributed by atoms with E-state index in [-0.39, 0.29) is 0 Å². The van der Waals surface area contributed by atoms with Crippen molar-refractivity contribution in [3.63, 3.8) is 0 Å². The molecule has 0 N–H and O–H groups in total. The van der Waals surface area contributed by atoms with Gasteiger partial charge in [0.05, 0.1) is 50.8 Å². The molecular weight excluding hydrogens is 328 g/mol. The minimum Gasteiger partial charge on any atom is -0.372 e. The second kappa shape index (κ2) is 5.89. The van der Waals surface area contributed by atoms with E-state index in [9.17, 15) is 0 Å². The molecule has 4 aliphatic heterocycles. The Morgan fingerprint density at radius 2 is 0.769 bits per heavy atom. The van der Waals surface area contributed by atoms with Crippen LogP contribution in [0.2, 0.25) is 0 Å². The molecule has 4 atom stereocenters. The summed E-state index contributed by atoms with van der Waals surface area (Å²) in [5.41, 5.74) is 5.14. The maximum Gasteiger partial charge on any atom is 0.0904 e. The Bertz CT molecular complexity index is 690. The van der Waals surface area contributed by atoms with Gasteiger partial charge in [0.1, 0.15) is 0 Å². The van der Waals surface area contributed by atoms with Gasteiger partial charge in [-0.25, -0.2) is 0 Å². The molecule has 0 spiro atoms. The maximum atomic E-state index is 5.53. The fourth-order valence-corrected chi connectivity index (χ4v) is 4.18. The lowest BCUT2D eigenvalue weighted by Crippen LogP contribution is -2.13. The zero-order valence-corrected chi connectivity index (χ0v) is 14.5. The lowest BCUT2D eigenvalue weighted by molar-refractivity contribution is 0.312. The molecule has 4 aliphatic rings. The third kappa shape index (κ3) is 2.97. The van der Waals surface area contributed by atoms with Gasteiger partial charge < -0.3 is 18.9 Å². The van der Waals surface area contributed by atoms with Crippen molar-refractivity contribution in [1.29, 1.82) is 0 Å². The molecule has 4 fully saturated rings.